The van der Waals surface area contributed by atoms with E-state index in [-0.39, 0.29) is 0 Å². The number of carbonyl (C=O) groups is 1. The van der Waals surface area contributed by atoms with Crippen molar-refractivity contribution >= 4 is 5.91 Å². The van der Waals surface area contributed by atoms with Crippen LogP contribution in [0.15, 0.2) is 0 Å². The Morgan fingerprint density at radius 2 is 2.12 bits per heavy atom. The summed E-state index contributed by atoms with van der Waals surface area (Å²) in [5.74, 6) is 0.838. The van der Waals surface area contributed by atoms with Crippen molar-refractivity contribution in [3.8, 4) is 0 Å². The van der Waals surface area contributed by atoms with Crippen LogP contribution in [0.4, 0.5) is 0 Å². The average Bonchev–Trinajstić information content (AvgIpc) is 2.29. The Balaban J connectivity index is 2.46. The second kappa shape index (κ2) is 7.00. The lowest BCUT2D eigenvalue weighted by Crippen LogP contribution is -2.40. The highest BCUT2D eigenvalue weighted by Gasteiger charge is 2.25. The molecule has 0 spiro atoms. The van der Waals surface area contributed by atoms with Gasteiger partial charge in [-0.3, -0.25) is 4.79 Å². The van der Waals surface area contributed by atoms with Crippen molar-refractivity contribution in [1.82, 2.24) is 4.90 Å². The smallest absolute Gasteiger partial charge is 0.223 e. The van der Waals surface area contributed by atoms with E-state index in [1.54, 1.807) is 0 Å². The third-order valence-corrected chi connectivity index (χ3v) is 4.07. The molecule has 1 fully saturated rings. The summed E-state index contributed by atoms with van der Waals surface area (Å²) < 4.78 is 0. The first kappa shape index (κ1) is 14.5. The van der Waals surface area contributed by atoms with E-state index in [9.17, 15) is 4.79 Å². The summed E-state index contributed by atoms with van der Waals surface area (Å²) in [7, 11) is 0. The van der Waals surface area contributed by atoms with Gasteiger partial charge in [-0.15, -0.1) is 0 Å². The first-order chi connectivity index (χ1) is 8.08. The fourth-order valence-corrected chi connectivity index (χ4v) is 2.84. The minimum atomic E-state index is 0.320. The number of nitrogens with zero attached hydrogens (tertiary/aromatic N) is 1. The third-order valence-electron chi connectivity index (χ3n) is 4.07. The van der Waals surface area contributed by atoms with E-state index in [0.29, 0.717) is 30.3 Å². The summed E-state index contributed by atoms with van der Waals surface area (Å²) in [4.78, 5) is 14.2. The number of amides is 1. The fraction of sp³-hybridized carbons (Fsp3) is 0.929. The predicted molar refractivity (Wildman–Crippen MR) is 71.7 cm³/mol. The van der Waals surface area contributed by atoms with Crippen LogP contribution in [0.25, 0.3) is 0 Å². The second-order valence-corrected chi connectivity index (χ2v) is 5.43. The van der Waals surface area contributed by atoms with Crippen molar-refractivity contribution in [2.75, 3.05) is 6.54 Å². The van der Waals surface area contributed by atoms with Crippen LogP contribution in [0, 0.1) is 5.92 Å². The first-order valence-electron chi connectivity index (χ1n) is 7.13. The SMILES string of the molecule is CCC(C)N(CC)C(=O)CC1CCCC(N)C1. The highest BCUT2D eigenvalue weighted by atomic mass is 16.2. The molecule has 2 N–H and O–H groups in total. The maximum atomic E-state index is 12.2. The van der Waals surface area contributed by atoms with E-state index >= 15 is 0 Å². The highest BCUT2D eigenvalue weighted by molar-refractivity contribution is 5.76. The number of hydrogen-bond acceptors (Lipinski definition) is 2. The van der Waals surface area contributed by atoms with Gasteiger partial charge in [-0.1, -0.05) is 13.3 Å². The lowest BCUT2D eigenvalue weighted by atomic mass is 9.84. The maximum Gasteiger partial charge on any atom is 0.223 e. The molecule has 1 amide bonds. The molecule has 3 atom stereocenters. The molecule has 0 radical (unpaired) electrons. The molecule has 0 heterocycles. The molecule has 1 aliphatic rings. The molecule has 3 heteroatoms. The lowest BCUT2D eigenvalue weighted by Gasteiger charge is -2.31. The molecule has 17 heavy (non-hydrogen) atoms. The van der Waals surface area contributed by atoms with Gasteiger partial charge in [0.25, 0.3) is 0 Å². The summed E-state index contributed by atoms with van der Waals surface area (Å²) >= 11 is 0. The molecule has 1 rings (SSSR count). The zero-order chi connectivity index (χ0) is 12.8. The molecule has 0 saturated heterocycles. The van der Waals surface area contributed by atoms with Gasteiger partial charge in [-0.2, -0.15) is 0 Å². The minimum absolute atomic E-state index is 0.320. The molecule has 0 bridgehead atoms. The Hall–Kier alpha value is -0.570. The Morgan fingerprint density at radius 1 is 1.41 bits per heavy atom. The van der Waals surface area contributed by atoms with Crippen molar-refractivity contribution in [2.45, 2.75) is 71.4 Å². The monoisotopic (exact) mass is 240 g/mol. The Morgan fingerprint density at radius 3 is 2.65 bits per heavy atom. The van der Waals surface area contributed by atoms with Gasteiger partial charge in [-0.05, 0) is 45.4 Å². The van der Waals surface area contributed by atoms with Crippen molar-refractivity contribution in [2.24, 2.45) is 11.7 Å². The second-order valence-electron chi connectivity index (χ2n) is 5.43. The van der Waals surface area contributed by atoms with E-state index in [2.05, 4.69) is 20.8 Å². The molecule has 0 aromatic rings. The predicted octanol–water partition coefficient (Wildman–Crippen LogP) is 2.54. The summed E-state index contributed by atoms with van der Waals surface area (Å²) in [5.41, 5.74) is 5.97. The van der Waals surface area contributed by atoms with Gasteiger partial charge < -0.3 is 10.6 Å². The van der Waals surface area contributed by atoms with Crippen molar-refractivity contribution in [3.05, 3.63) is 0 Å². The van der Waals surface area contributed by atoms with Crippen LogP contribution in [-0.4, -0.2) is 29.4 Å². The van der Waals surface area contributed by atoms with Gasteiger partial charge in [-0.25, -0.2) is 0 Å². The molecule has 3 unspecified atom stereocenters. The topological polar surface area (TPSA) is 46.3 Å². The minimum Gasteiger partial charge on any atom is -0.340 e. The molecule has 0 aliphatic heterocycles. The normalized spacial score (nSPS) is 26.6. The Kier molecular flexibility index (Phi) is 5.96. The zero-order valence-electron chi connectivity index (χ0n) is 11.6. The number of nitrogens with two attached hydrogens (primary N) is 1. The van der Waals surface area contributed by atoms with Gasteiger partial charge in [0.1, 0.15) is 0 Å². The fourth-order valence-electron chi connectivity index (χ4n) is 2.84. The Bertz CT molecular complexity index is 242. The van der Waals surface area contributed by atoms with E-state index in [1.807, 2.05) is 4.90 Å². The molecule has 3 nitrogen and oxygen atoms in total. The third kappa shape index (κ3) is 4.30. The van der Waals surface area contributed by atoms with Crippen LogP contribution in [-0.2, 0) is 4.79 Å². The molecule has 100 valence electrons. The zero-order valence-corrected chi connectivity index (χ0v) is 11.6. The summed E-state index contributed by atoms with van der Waals surface area (Å²) in [5, 5.41) is 0. The van der Waals surface area contributed by atoms with Gasteiger partial charge in [0.2, 0.25) is 5.91 Å². The van der Waals surface area contributed by atoms with Crippen LogP contribution in [0.1, 0.15) is 59.3 Å². The summed E-state index contributed by atoms with van der Waals surface area (Å²) in [6.07, 6.45) is 6.26. The molecular formula is C14H28N2O. The van der Waals surface area contributed by atoms with Crippen LogP contribution in [0.2, 0.25) is 0 Å². The largest absolute Gasteiger partial charge is 0.340 e. The molecule has 1 aliphatic carbocycles. The molecule has 1 saturated carbocycles. The van der Waals surface area contributed by atoms with E-state index in [4.69, 9.17) is 5.73 Å². The van der Waals surface area contributed by atoms with Crippen molar-refractivity contribution < 1.29 is 4.79 Å². The number of rotatable bonds is 5. The van der Waals surface area contributed by atoms with Gasteiger partial charge >= 0.3 is 0 Å². The quantitative estimate of drug-likeness (QED) is 0.802. The number of hydrogen-bond donors (Lipinski definition) is 1. The maximum absolute atomic E-state index is 12.2. The van der Waals surface area contributed by atoms with Gasteiger partial charge in [0, 0.05) is 25.0 Å². The Labute approximate surface area is 106 Å². The van der Waals surface area contributed by atoms with E-state index < -0.39 is 0 Å². The molecular weight excluding hydrogens is 212 g/mol. The van der Waals surface area contributed by atoms with Gasteiger partial charge in [0.05, 0.1) is 0 Å². The first-order valence-corrected chi connectivity index (χ1v) is 7.13. The standard InChI is InChI=1S/C14H28N2O/c1-4-11(3)16(5-2)14(17)10-12-7-6-8-13(15)9-12/h11-13H,4-10,15H2,1-3H3. The van der Waals surface area contributed by atoms with Gasteiger partial charge in [0.15, 0.2) is 0 Å². The van der Waals surface area contributed by atoms with E-state index in [0.717, 1.165) is 25.8 Å². The summed E-state index contributed by atoms with van der Waals surface area (Å²) in [6.45, 7) is 7.16. The van der Waals surface area contributed by atoms with Crippen LogP contribution < -0.4 is 5.73 Å². The highest BCUT2D eigenvalue weighted by Crippen LogP contribution is 2.26. The van der Waals surface area contributed by atoms with Crippen LogP contribution >= 0.6 is 0 Å². The average molecular weight is 240 g/mol. The molecule has 0 aromatic heterocycles. The summed E-state index contributed by atoms with van der Waals surface area (Å²) in [6, 6.07) is 0.685. The molecule has 0 aromatic carbocycles. The van der Waals surface area contributed by atoms with Crippen LogP contribution in [0.3, 0.4) is 0 Å². The van der Waals surface area contributed by atoms with E-state index in [1.165, 1.54) is 12.8 Å². The van der Waals surface area contributed by atoms with Crippen molar-refractivity contribution in [1.29, 1.82) is 0 Å². The lowest BCUT2D eigenvalue weighted by molar-refractivity contribution is -0.134. The number of carbonyl (C=O) groups excluding carboxylic acids is 1. The van der Waals surface area contributed by atoms with Crippen molar-refractivity contribution in [3.63, 3.8) is 0 Å². The van der Waals surface area contributed by atoms with Crippen LogP contribution in [0.5, 0.6) is 0 Å².